The summed E-state index contributed by atoms with van der Waals surface area (Å²) in [6.45, 7) is 0.354. The smallest absolute Gasteiger partial charge is 0.346 e. The summed E-state index contributed by atoms with van der Waals surface area (Å²) < 4.78 is 1.72. The summed E-state index contributed by atoms with van der Waals surface area (Å²) in [7, 11) is 0. The Morgan fingerprint density at radius 1 is 1.32 bits per heavy atom. The largest absolute Gasteiger partial charge is 0.477 e. The van der Waals surface area contributed by atoms with E-state index in [1.807, 2.05) is 6.07 Å². The maximum Gasteiger partial charge on any atom is 0.346 e. The SMILES string of the molecule is O=C(O)c1sccc1Cn1c2c(ccc1=O)CCC2. The van der Waals surface area contributed by atoms with E-state index >= 15 is 0 Å². The van der Waals surface area contributed by atoms with Crippen LogP contribution in [-0.4, -0.2) is 15.6 Å². The summed E-state index contributed by atoms with van der Waals surface area (Å²) in [5, 5.41) is 10.9. The molecule has 4 nitrogen and oxygen atoms in total. The van der Waals surface area contributed by atoms with Crippen LogP contribution < -0.4 is 5.56 Å². The fourth-order valence-corrected chi connectivity index (χ4v) is 3.38. The molecule has 5 heteroatoms. The van der Waals surface area contributed by atoms with Crippen molar-refractivity contribution in [1.29, 1.82) is 0 Å². The van der Waals surface area contributed by atoms with E-state index in [0.717, 1.165) is 25.0 Å². The van der Waals surface area contributed by atoms with Crippen LogP contribution in [0.5, 0.6) is 0 Å². The van der Waals surface area contributed by atoms with Crippen LogP contribution in [0.2, 0.25) is 0 Å². The van der Waals surface area contributed by atoms with Crippen LogP contribution in [0.3, 0.4) is 0 Å². The van der Waals surface area contributed by atoms with Gasteiger partial charge in [-0.2, -0.15) is 0 Å². The summed E-state index contributed by atoms with van der Waals surface area (Å²) in [5.41, 5.74) is 2.94. The van der Waals surface area contributed by atoms with Gasteiger partial charge in [-0.25, -0.2) is 4.79 Å². The average Bonchev–Trinajstić information content (AvgIpc) is 3.01. The molecule has 98 valence electrons. The van der Waals surface area contributed by atoms with Gasteiger partial charge in [-0.05, 0) is 41.8 Å². The van der Waals surface area contributed by atoms with E-state index in [2.05, 4.69) is 0 Å². The number of thiophene rings is 1. The molecule has 0 atom stereocenters. The lowest BCUT2D eigenvalue weighted by Gasteiger charge is -2.11. The Kier molecular flexibility index (Phi) is 2.98. The van der Waals surface area contributed by atoms with Crippen molar-refractivity contribution in [3.63, 3.8) is 0 Å². The van der Waals surface area contributed by atoms with Gasteiger partial charge in [-0.15, -0.1) is 11.3 Å². The van der Waals surface area contributed by atoms with Crippen molar-refractivity contribution in [2.24, 2.45) is 0 Å². The molecule has 0 unspecified atom stereocenters. The van der Waals surface area contributed by atoms with E-state index in [1.54, 1.807) is 22.1 Å². The van der Waals surface area contributed by atoms with Crippen molar-refractivity contribution in [2.75, 3.05) is 0 Å². The first kappa shape index (κ1) is 12.2. The molecule has 19 heavy (non-hydrogen) atoms. The van der Waals surface area contributed by atoms with Gasteiger partial charge < -0.3 is 9.67 Å². The summed E-state index contributed by atoms with van der Waals surface area (Å²) in [4.78, 5) is 23.4. The molecule has 2 heterocycles. The van der Waals surface area contributed by atoms with Crippen LogP contribution in [0.15, 0.2) is 28.4 Å². The lowest BCUT2D eigenvalue weighted by Crippen LogP contribution is -2.23. The fraction of sp³-hybridized carbons (Fsp3) is 0.286. The number of aromatic nitrogens is 1. The number of hydrogen-bond donors (Lipinski definition) is 1. The molecular weight excluding hydrogens is 262 g/mol. The second-order valence-corrected chi connectivity index (χ2v) is 5.58. The number of carboxylic acid groups (broad SMARTS) is 1. The normalized spacial score (nSPS) is 13.5. The highest BCUT2D eigenvalue weighted by Crippen LogP contribution is 2.23. The maximum atomic E-state index is 12.0. The highest BCUT2D eigenvalue weighted by atomic mass is 32.1. The number of aromatic carboxylic acids is 1. The first-order valence-electron chi connectivity index (χ1n) is 6.18. The Bertz CT molecular complexity index is 699. The number of nitrogens with zero attached hydrogens (tertiary/aromatic N) is 1. The third-order valence-corrected chi connectivity index (χ3v) is 4.46. The van der Waals surface area contributed by atoms with Gasteiger partial charge in [-0.3, -0.25) is 4.79 Å². The summed E-state index contributed by atoms with van der Waals surface area (Å²) >= 11 is 1.20. The molecule has 0 bridgehead atoms. The molecule has 0 aliphatic heterocycles. The summed E-state index contributed by atoms with van der Waals surface area (Å²) in [6, 6.07) is 5.26. The quantitative estimate of drug-likeness (QED) is 0.933. The molecule has 2 aromatic heterocycles. The maximum absolute atomic E-state index is 12.0. The Labute approximate surface area is 113 Å². The zero-order valence-corrected chi connectivity index (χ0v) is 11.1. The lowest BCUT2D eigenvalue weighted by molar-refractivity contribution is 0.0701. The predicted octanol–water partition coefficient (Wildman–Crippen LogP) is 2.15. The topological polar surface area (TPSA) is 59.3 Å². The highest BCUT2D eigenvalue weighted by molar-refractivity contribution is 7.12. The van der Waals surface area contributed by atoms with E-state index in [1.165, 1.54) is 16.9 Å². The summed E-state index contributed by atoms with van der Waals surface area (Å²) in [5.74, 6) is -0.925. The third kappa shape index (κ3) is 2.10. The second kappa shape index (κ2) is 4.66. The van der Waals surface area contributed by atoms with Gasteiger partial charge in [0.05, 0.1) is 6.54 Å². The van der Waals surface area contributed by atoms with Gasteiger partial charge in [0.25, 0.3) is 5.56 Å². The number of pyridine rings is 1. The number of fused-ring (bicyclic) bond motifs is 1. The molecule has 0 amide bonds. The van der Waals surface area contributed by atoms with E-state index in [4.69, 9.17) is 5.11 Å². The Morgan fingerprint density at radius 3 is 2.95 bits per heavy atom. The molecule has 0 aromatic carbocycles. The van der Waals surface area contributed by atoms with Gasteiger partial charge in [-0.1, -0.05) is 6.07 Å². The minimum atomic E-state index is -0.925. The van der Waals surface area contributed by atoms with E-state index in [9.17, 15) is 9.59 Å². The molecule has 0 spiro atoms. The number of aryl methyl sites for hydroxylation is 1. The standard InChI is InChI=1S/C14H13NO3S/c16-12-5-4-9-2-1-3-11(9)15(12)8-10-6-7-19-13(10)14(17)18/h4-7H,1-3,8H2,(H,17,18). The van der Waals surface area contributed by atoms with Crippen LogP contribution >= 0.6 is 11.3 Å². The second-order valence-electron chi connectivity index (χ2n) is 4.66. The van der Waals surface area contributed by atoms with Crippen molar-refractivity contribution < 1.29 is 9.90 Å². The van der Waals surface area contributed by atoms with E-state index < -0.39 is 5.97 Å². The van der Waals surface area contributed by atoms with Crippen molar-refractivity contribution in [3.8, 4) is 0 Å². The predicted molar refractivity (Wildman–Crippen MR) is 73.1 cm³/mol. The van der Waals surface area contributed by atoms with Gasteiger partial charge in [0.1, 0.15) is 4.88 Å². The Balaban J connectivity index is 2.05. The first-order chi connectivity index (χ1) is 9.16. The lowest BCUT2D eigenvalue weighted by atomic mass is 10.2. The molecule has 0 saturated heterocycles. The van der Waals surface area contributed by atoms with Crippen molar-refractivity contribution in [1.82, 2.24) is 4.57 Å². The molecule has 0 radical (unpaired) electrons. The zero-order chi connectivity index (χ0) is 13.4. The highest BCUT2D eigenvalue weighted by Gasteiger charge is 2.18. The van der Waals surface area contributed by atoms with Crippen LogP contribution in [0.4, 0.5) is 0 Å². The van der Waals surface area contributed by atoms with Crippen molar-refractivity contribution >= 4 is 17.3 Å². The van der Waals surface area contributed by atoms with Crippen molar-refractivity contribution in [2.45, 2.75) is 25.8 Å². The third-order valence-electron chi connectivity index (χ3n) is 3.52. The van der Waals surface area contributed by atoms with E-state index in [0.29, 0.717) is 17.0 Å². The fourth-order valence-electron chi connectivity index (χ4n) is 2.63. The molecular formula is C14H13NO3S. The van der Waals surface area contributed by atoms with E-state index in [-0.39, 0.29) is 5.56 Å². The van der Waals surface area contributed by atoms with Gasteiger partial charge in [0.15, 0.2) is 0 Å². The number of carbonyl (C=O) groups is 1. The minimum Gasteiger partial charge on any atom is -0.477 e. The van der Waals surface area contributed by atoms with Crippen LogP contribution in [0, 0.1) is 0 Å². The summed E-state index contributed by atoms with van der Waals surface area (Å²) in [6.07, 6.45) is 2.97. The van der Waals surface area contributed by atoms with Crippen molar-refractivity contribution in [3.05, 3.63) is 55.6 Å². The van der Waals surface area contributed by atoms with Gasteiger partial charge in [0, 0.05) is 11.8 Å². The zero-order valence-electron chi connectivity index (χ0n) is 10.3. The van der Waals surface area contributed by atoms with Gasteiger partial charge in [0.2, 0.25) is 0 Å². The molecule has 2 aromatic rings. The van der Waals surface area contributed by atoms with Gasteiger partial charge >= 0.3 is 5.97 Å². The first-order valence-corrected chi connectivity index (χ1v) is 7.06. The Hall–Kier alpha value is -1.88. The van der Waals surface area contributed by atoms with Crippen LogP contribution in [0.1, 0.15) is 32.9 Å². The number of hydrogen-bond acceptors (Lipinski definition) is 3. The molecule has 0 fully saturated rings. The van der Waals surface area contributed by atoms with Crippen LogP contribution in [0.25, 0.3) is 0 Å². The average molecular weight is 275 g/mol. The molecule has 0 saturated carbocycles. The van der Waals surface area contributed by atoms with Crippen LogP contribution in [-0.2, 0) is 19.4 Å². The number of rotatable bonds is 3. The monoisotopic (exact) mass is 275 g/mol. The number of carboxylic acids is 1. The Morgan fingerprint density at radius 2 is 2.16 bits per heavy atom. The molecule has 1 aliphatic carbocycles. The minimum absolute atomic E-state index is 0.0526. The molecule has 1 N–H and O–H groups in total. The molecule has 3 rings (SSSR count). The molecule has 1 aliphatic rings.